The highest BCUT2D eigenvalue weighted by molar-refractivity contribution is 5.51. The van der Waals surface area contributed by atoms with E-state index in [1.165, 1.54) is 6.07 Å². The summed E-state index contributed by atoms with van der Waals surface area (Å²) in [6.07, 6.45) is -2.32. The Labute approximate surface area is 102 Å². The maximum Gasteiger partial charge on any atom is 0.420 e. The van der Waals surface area contributed by atoms with Crippen molar-refractivity contribution >= 4 is 0 Å². The molecule has 0 saturated carbocycles. The number of rotatable bonds is 2. The number of hydrogen-bond acceptors (Lipinski definition) is 3. The average molecular weight is 261 g/mol. The summed E-state index contributed by atoms with van der Waals surface area (Å²) in [6, 6.07) is 2.17. The predicted molar refractivity (Wildman–Crippen MR) is 59.5 cm³/mol. The Hall–Kier alpha value is -1.43. The first-order chi connectivity index (χ1) is 8.39. The highest BCUT2D eigenvalue weighted by atomic mass is 19.4. The topological polar surface area (TPSA) is 52.5 Å². The van der Waals surface area contributed by atoms with Gasteiger partial charge in [0.05, 0.1) is 0 Å². The molecule has 1 saturated heterocycles. The van der Waals surface area contributed by atoms with Crippen molar-refractivity contribution in [3.63, 3.8) is 0 Å². The maximum atomic E-state index is 12.5. The first-order valence-electron chi connectivity index (χ1n) is 5.74. The predicted octanol–water partition coefficient (Wildman–Crippen LogP) is 2.41. The van der Waals surface area contributed by atoms with E-state index in [1.54, 1.807) is 0 Å². The third-order valence-electron chi connectivity index (χ3n) is 3.17. The molecule has 0 bridgehead atoms. The van der Waals surface area contributed by atoms with E-state index < -0.39 is 23.2 Å². The zero-order chi connectivity index (χ0) is 13.3. The zero-order valence-corrected chi connectivity index (χ0v) is 9.59. The molecule has 1 aromatic rings. The van der Waals surface area contributed by atoms with Crippen LogP contribution in [0.1, 0.15) is 24.0 Å². The molecule has 6 heteroatoms. The second-order valence-electron chi connectivity index (χ2n) is 4.46. The molecule has 1 aliphatic heterocycles. The van der Waals surface area contributed by atoms with Gasteiger partial charge in [0, 0.05) is 6.04 Å². The molecule has 1 aliphatic rings. The van der Waals surface area contributed by atoms with Crippen molar-refractivity contribution in [1.82, 2.24) is 5.32 Å². The van der Waals surface area contributed by atoms with E-state index in [2.05, 4.69) is 5.32 Å². The molecular weight excluding hydrogens is 247 g/mol. The SMILES string of the molecule is Oc1c(CC2CCCN2)ccc(C(F)(F)F)c1O. The fraction of sp³-hybridized carbons (Fsp3) is 0.500. The Morgan fingerprint density at radius 1 is 1.22 bits per heavy atom. The van der Waals surface area contributed by atoms with E-state index in [0.717, 1.165) is 25.5 Å². The molecule has 3 nitrogen and oxygen atoms in total. The molecule has 1 unspecified atom stereocenters. The van der Waals surface area contributed by atoms with Crippen LogP contribution in [0, 0.1) is 0 Å². The quantitative estimate of drug-likeness (QED) is 0.717. The van der Waals surface area contributed by atoms with Gasteiger partial charge in [-0.3, -0.25) is 0 Å². The van der Waals surface area contributed by atoms with Gasteiger partial charge in [-0.25, -0.2) is 0 Å². The number of benzene rings is 1. The standard InChI is InChI=1S/C12H14F3NO2/c13-12(14,15)9-4-3-7(10(17)11(9)18)6-8-2-1-5-16-8/h3-4,8,16-18H,1-2,5-6H2. The van der Waals surface area contributed by atoms with Crippen molar-refractivity contribution in [2.75, 3.05) is 6.54 Å². The number of phenols is 2. The van der Waals surface area contributed by atoms with Crippen molar-refractivity contribution in [3.8, 4) is 11.5 Å². The lowest BCUT2D eigenvalue weighted by molar-refractivity contribution is -0.138. The van der Waals surface area contributed by atoms with Crippen LogP contribution in [0.5, 0.6) is 11.5 Å². The third kappa shape index (κ3) is 2.53. The monoisotopic (exact) mass is 261 g/mol. The molecule has 2 rings (SSSR count). The Kier molecular flexibility index (Phi) is 3.38. The summed E-state index contributed by atoms with van der Waals surface area (Å²) in [6.45, 7) is 0.873. The molecule has 100 valence electrons. The molecule has 1 aromatic carbocycles. The van der Waals surface area contributed by atoms with Gasteiger partial charge in [0.25, 0.3) is 0 Å². The van der Waals surface area contributed by atoms with Crippen LogP contribution in [0.25, 0.3) is 0 Å². The molecule has 0 aliphatic carbocycles. The van der Waals surface area contributed by atoms with Gasteiger partial charge in [-0.2, -0.15) is 13.2 Å². The molecule has 1 heterocycles. The third-order valence-corrected chi connectivity index (χ3v) is 3.17. The summed E-state index contributed by atoms with van der Waals surface area (Å²) in [7, 11) is 0. The Morgan fingerprint density at radius 3 is 2.50 bits per heavy atom. The van der Waals surface area contributed by atoms with Gasteiger partial charge in [-0.15, -0.1) is 0 Å². The van der Waals surface area contributed by atoms with Gasteiger partial charge in [0.15, 0.2) is 11.5 Å². The molecule has 0 aromatic heterocycles. The van der Waals surface area contributed by atoms with Crippen molar-refractivity contribution in [2.24, 2.45) is 0 Å². The molecule has 1 atom stereocenters. The van der Waals surface area contributed by atoms with Crippen LogP contribution in [0.15, 0.2) is 12.1 Å². The zero-order valence-electron chi connectivity index (χ0n) is 9.59. The second kappa shape index (κ2) is 4.68. The molecule has 18 heavy (non-hydrogen) atoms. The minimum absolute atomic E-state index is 0.145. The lowest BCUT2D eigenvalue weighted by Crippen LogP contribution is -2.23. The minimum Gasteiger partial charge on any atom is -0.504 e. The fourth-order valence-electron chi connectivity index (χ4n) is 2.21. The van der Waals surface area contributed by atoms with E-state index >= 15 is 0 Å². The van der Waals surface area contributed by atoms with Crippen LogP contribution in [-0.4, -0.2) is 22.8 Å². The van der Waals surface area contributed by atoms with E-state index in [1.807, 2.05) is 0 Å². The van der Waals surface area contributed by atoms with E-state index in [0.29, 0.717) is 12.0 Å². The summed E-state index contributed by atoms with van der Waals surface area (Å²) < 4.78 is 37.4. The van der Waals surface area contributed by atoms with Crippen LogP contribution >= 0.6 is 0 Å². The second-order valence-corrected chi connectivity index (χ2v) is 4.46. The van der Waals surface area contributed by atoms with Crippen LogP contribution in [0.3, 0.4) is 0 Å². The number of nitrogens with one attached hydrogen (secondary N) is 1. The Bertz CT molecular complexity index is 440. The lowest BCUT2D eigenvalue weighted by atomic mass is 10.0. The summed E-state index contributed by atoms with van der Waals surface area (Å²) in [4.78, 5) is 0. The molecule has 0 amide bonds. The minimum atomic E-state index is -4.66. The van der Waals surface area contributed by atoms with E-state index in [-0.39, 0.29) is 6.04 Å². The number of halogens is 3. The van der Waals surface area contributed by atoms with E-state index in [9.17, 15) is 23.4 Å². The normalized spacial score (nSPS) is 20.3. The van der Waals surface area contributed by atoms with E-state index in [4.69, 9.17) is 0 Å². The van der Waals surface area contributed by atoms with Crippen molar-refractivity contribution in [1.29, 1.82) is 0 Å². The molecular formula is C12H14F3NO2. The summed E-state index contributed by atoms with van der Waals surface area (Å²) in [5.74, 6) is -1.75. The largest absolute Gasteiger partial charge is 0.504 e. The molecule has 0 radical (unpaired) electrons. The number of aromatic hydroxyl groups is 2. The van der Waals surface area contributed by atoms with Gasteiger partial charge < -0.3 is 15.5 Å². The van der Waals surface area contributed by atoms with Crippen molar-refractivity contribution in [2.45, 2.75) is 31.5 Å². The van der Waals surface area contributed by atoms with Crippen molar-refractivity contribution in [3.05, 3.63) is 23.3 Å². The molecule has 1 fully saturated rings. The smallest absolute Gasteiger partial charge is 0.420 e. The summed E-state index contributed by atoms with van der Waals surface area (Å²) in [5.41, 5.74) is -0.872. The van der Waals surface area contributed by atoms with Gasteiger partial charge in [-0.05, 0) is 37.4 Å². The number of hydrogen-bond donors (Lipinski definition) is 3. The van der Waals surface area contributed by atoms with Crippen LogP contribution < -0.4 is 5.32 Å². The lowest BCUT2D eigenvalue weighted by Gasteiger charge is -2.15. The van der Waals surface area contributed by atoms with Gasteiger partial charge in [0.2, 0.25) is 0 Å². The van der Waals surface area contributed by atoms with Gasteiger partial charge in [0.1, 0.15) is 5.56 Å². The first-order valence-corrected chi connectivity index (χ1v) is 5.74. The highest BCUT2D eigenvalue weighted by Gasteiger charge is 2.35. The number of phenolic OH excluding ortho intramolecular Hbond substituents is 2. The number of alkyl halides is 3. The van der Waals surface area contributed by atoms with Crippen LogP contribution in [0.2, 0.25) is 0 Å². The fourth-order valence-corrected chi connectivity index (χ4v) is 2.21. The highest BCUT2D eigenvalue weighted by Crippen LogP contribution is 2.42. The molecule has 3 N–H and O–H groups in total. The van der Waals surface area contributed by atoms with Crippen LogP contribution in [0.4, 0.5) is 13.2 Å². The molecule has 0 spiro atoms. The average Bonchev–Trinajstić information content (AvgIpc) is 2.76. The van der Waals surface area contributed by atoms with Crippen LogP contribution in [-0.2, 0) is 12.6 Å². The Balaban J connectivity index is 2.25. The Morgan fingerprint density at radius 2 is 1.94 bits per heavy atom. The van der Waals surface area contributed by atoms with Gasteiger partial charge >= 0.3 is 6.18 Å². The summed E-state index contributed by atoms with van der Waals surface area (Å²) >= 11 is 0. The van der Waals surface area contributed by atoms with Crippen molar-refractivity contribution < 1.29 is 23.4 Å². The maximum absolute atomic E-state index is 12.5. The first kappa shape index (κ1) is 13.0. The summed E-state index contributed by atoms with van der Waals surface area (Å²) in [5, 5.41) is 22.2. The van der Waals surface area contributed by atoms with Gasteiger partial charge in [-0.1, -0.05) is 6.07 Å².